The van der Waals surface area contributed by atoms with Gasteiger partial charge in [-0.05, 0) is 17.9 Å². The lowest BCUT2D eigenvalue weighted by molar-refractivity contribution is 0.0910. The lowest BCUT2D eigenvalue weighted by Crippen LogP contribution is -2.28. The Labute approximate surface area is 99.1 Å². The molecular formula is C12H11ClN2O. The zero-order chi connectivity index (χ0) is 11.9. The molecule has 0 radical (unpaired) electrons. The molecule has 2 rings (SSSR count). The predicted octanol–water partition coefficient (Wildman–Crippen LogP) is 2.76. The Balaban J connectivity index is 2.59. The number of carbonyl (C=O) groups excluding carboxylic acids is 1. The molecule has 0 bridgehead atoms. The van der Waals surface area contributed by atoms with Crippen molar-refractivity contribution in [3.05, 3.63) is 28.0 Å². The second-order valence-electron chi connectivity index (χ2n) is 4.87. The Morgan fingerprint density at radius 1 is 1.50 bits per heavy atom. The fraction of sp³-hybridized carbons (Fsp3) is 0.417. The van der Waals surface area contributed by atoms with Gasteiger partial charge in [-0.15, -0.1) is 0 Å². The van der Waals surface area contributed by atoms with Gasteiger partial charge in [-0.25, -0.2) is 4.98 Å². The van der Waals surface area contributed by atoms with Crippen LogP contribution in [-0.2, 0) is 6.42 Å². The summed E-state index contributed by atoms with van der Waals surface area (Å²) in [5.41, 5.74) is 1.47. The van der Waals surface area contributed by atoms with Crippen LogP contribution in [0.5, 0.6) is 0 Å². The van der Waals surface area contributed by atoms with Crippen LogP contribution in [0.2, 0.25) is 5.15 Å². The smallest absolute Gasteiger partial charge is 0.165 e. The fourth-order valence-electron chi connectivity index (χ4n) is 2.03. The first-order chi connectivity index (χ1) is 7.43. The number of carbonyl (C=O) groups is 1. The molecule has 1 aliphatic carbocycles. The number of halogens is 1. The van der Waals surface area contributed by atoms with Crippen molar-refractivity contribution in [3.8, 4) is 6.07 Å². The number of ketones is 1. The summed E-state index contributed by atoms with van der Waals surface area (Å²) in [4.78, 5) is 16.0. The number of Topliss-reactive ketones (excluding diaryl/α,β-unsaturated/α-hetero) is 1. The molecule has 0 amide bonds. The van der Waals surface area contributed by atoms with Crippen molar-refractivity contribution in [1.29, 1.82) is 5.26 Å². The molecule has 4 heteroatoms. The highest BCUT2D eigenvalue weighted by Crippen LogP contribution is 2.35. The molecule has 1 aromatic heterocycles. The van der Waals surface area contributed by atoms with Crippen LogP contribution in [0.15, 0.2) is 6.07 Å². The van der Waals surface area contributed by atoms with Crippen LogP contribution in [0.4, 0.5) is 0 Å². The van der Waals surface area contributed by atoms with Crippen LogP contribution in [0.1, 0.15) is 41.9 Å². The Morgan fingerprint density at radius 3 is 2.81 bits per heavy atom. The maximum absolute atomic E-state index is 11.9. The van der Waals surface area contributed by atoms with Gasteiger partial charge in [-0.3, -0.25) is 4.79 Å². The lowest BCUT2D eigenvalue weighted by atomic mass is 9.75. The summed E-state index contributed by atoms with van der Waals surface area (Å²) in [6.45, 7) is 4.06. The Hall–Kier alpha value is -1.40. The van der Waals surface area contributed by atoms with Crippen molar-refractivity contribution in [2.24, 2.45) is 5.41 Å². The molecule has 0 unspecified atom stereocenters. The Kier molecular flexibility index (Phi) is 2.47. The second-order valence-corrected chi connectivity index (χ2v) is 5.23. The van der Waals surface area contributed by atoms with Gasteiger partial charge in [-0.2, -0.15) is 5.26 Å². The number of hydrogen-bond donors (Lipinski definition) is 0. The fourth-order valence-corrected chi connectivity index (χ4v) is 2.23. The number of aromatic nitrogens is 1. The molecule has 0 aliphatic heterocycles. The molecule has 0 aromatic carbocycles. The van der Waals surface area contributed by atoms with E-state index in [9.17, 15) is 4.79 Å². The van der Waals surface area contributed by atoms with Crippen molar-refractivity contribution < 1.29 is 4.79 Å². The summed E-state index contributed by atoms with van der Waals surface area (Å²) in [6, 6.07) is 3.50. The van der Waals surface area contributed by atoms with Crippen LogP contribution in [-0.4, -0.2) is 10.8 Å². The van der Waals surface area contributed by atoms with Gasteiger partial charge in [0, 0.05) is 12.0 Å². The SMILES string of the molecule is CC1(C)CC(=O)c2cc(C#N)c(Cl)nc2C1. The zero-order valence-corrected chi connectivity index (χ0v) is 9.93. The number of hydrogen-bond acceptors (Lipinski definition) is 3. The van der Waals surface area contributed by atoms with Gasteiger partial charge in [0.25, 0.3) is 0 Å². The normalized spacial score (nSPS) is 17.8. The maximum atomic E-state index is 11.9. The maximum Gasteiger partial charge on any atom is 0.165 e. The van der Waals surface area contributed by atoms with E-state index in [0.717, 1.165) is 6.42 Å². The quantitative estimate of drug-likeness (QED) is 0.649. The molecule has 1 aromatic rings. The van der Waals surface area contributed by atoms with Gasteiger partial charge in [0.15, 0.2) is 5.78 Å². The molecule has 3 nitrogen and oxygen atoms in total. The standard InChI is InChI=1S/C12H11ClN2O/c1-12(2)4-9-8(10(16)5-12)3-7(6-14)11(13)15-9/h3H,4-5H2,1-2H3. The van der Waals surface area contributed by atoms with E-state index in [1.165, 1.54) is 0 Å². The first-order valence-corrected chi connectivity index (χ1v) is 5.43. The van der Waals surface area contributed by atoms with E-state index in [4.69, 9.17) is 16.9 Å². The topological polar surface area (TPSA) is 53.8 Å². The number of pyridine rings is 1. The van der Waals surface area contributed by atoms with Gasteiger partial charge in [0.2, 0.25) is 0 Å². The number of fused-ring (bicyclic) bond motifs is 1. The lowest BCUT2D eigenvalue weighted by Gasteiger charge is -2.29. The van der Waals surface area contributed by atoms with Crippen LogP contribution < -0.4 is 0 Å². The first-order valence-electron chi connectivity index (χ1n) is 5.06. The Bertz CT molecular complexity index is 514. The minimum Gasteiger partial charge on any atom is -0.294 e. The first kappa shape index (κ1) is 11.1. The summed E-state index contributed by atoms with van der Waals surface area (Å²) in [7, 11) is 0. The summed E-state index contributed by atoms with van der Waals surface area (Å²) >= 11 is 5.86. The van der Waals surface area contributed by atoms with Crippen LogP contribution in [0, 0.1) is 16.7 Å². The van der Waals surface area contributed by atoms with Gasteiger partial charge in [0.1, 0.15) is 11.2 Å². The highest BCUT2D eigenvalue weighted by molar-refractivity contribution is 6.30. The third kappa shape index (κ3) is 1.81. The second kappa shape index (κ2) is 3.57. The minimum absolute atomic E-state index is 0.0481. The van der Waals surface area contributed by atoms with Gasteiger partial charge < -0.3 is 0 Å². The summed E-state index contributed by atoms with van der Waals surface area (Å²) in [6.07, 6.45) is 1.22. The van der Waals surface area contributed by atoms with E-state index < -0.39 is 0 Å². The Morgan fingerprint density at radius 2 is 2.19 bits per heavy atom. The average Bonchev–Trinajstić information content (AvgIpc) is 2.14. The molecule has 0 spiro atoms. The van der Waals surface area contributed by atoms with E-state index in [0.29, 0.717) is 17.7 Å². The van der Waals surface area contributed by atoms with Gasteiger partial charge in [0.05, 0.1) is 11.3 Å². The molecule has 1 heterocycles. The summed E-state index contributed by atoms with van der Waals surface area (Å²) in [5.74, 6) is 0.0481. The third-order valence-corrected chi connectivity index (χ3v) is 3.05. The monoisotopic (exact) mass is 234 g/mol. The van der Waals surface area contributed by atoms with Crippen molar-refractivity contribution in [2.45, 2.75) is 26.7 Å². The van der Waals surface area contributed by atoms with Gasteiger partial charge in [-0.1, -0.05) is 25.4 Å². The van der Waals surface area contributed by atoms with Crippen molar-refractivity contribution in [2.75, 3.05) is 0 Å². The van der Waals surface area contributed by atoms with E-state index in [1.807, 2.05) is 19.9 Å². The molecule has 0 saturated heterocycles. The molecule has 0 saturated carbocycles. The van der Waals surface area contributed by atoms with E-state index >= 15 is 0 Å². The van der Waals surface area contributed by atoms with Crippen LogP contribution >= 0.6 is 11.6 Å². The summed E-state index contributed by atoms with van der Waals surface area (Å²) in [5, 5.41) is 9.01. The molecular weight excluding hydrogens is 224 g/mol. The molecule has 0 fully saturated rings. The third-order valence-electron chi connectivity index (χ3n) is 2.76. The van der Waals surface area contributed by atoms with Crippen molar-refractivity contribution in [1.82, 2.24) is 4.98 Å². The van der Waals surface area contributed by atoms with Crippen molar-refractivity contribution >= 4 is 17.4 Å². The summed E-state index contributed by atoms with van der Waals surface area (Å²) < 4.78 is 0. The number of rotatable bonds is 0. The molecule has 0 N–H and O–H groups in total. The van der Waals surface area contributed by atoms with E-state index in [1.54, 1.807) is 6.07 Å². The average molecular weight is 235 g/mol. The highest BCUT2D eigenvalue weighted by atomic mass is 35.5. The molecule has 0 atom stereocenters. The zero-order valence-electron chi connectivity index (χ0n) is 9.17. The largest absolute Gasteiger partial charge is 0.294 e. The van der Waals surface area contributed by atoms with E-state index in [-0.39, 0.29) is 21.9 Å². The van der Waals surface area contributed by atoms with Crippen LogP contribution in [0.3, 0.4) is 0 Å². The van der Waals surface area contributed by atoms with Crippen LogP contribution in [0.25, 0.3) is 0 Å². The molecule has 82 valence electrons. The van der Waals surface area contributed by atoms with Crippen molar-refractivity contribution in [3.63, 3.8) is 0 Å². The number of nitriles is 1. The molecule has 16 heavy (non-hydrogen) atoms. The predicted molar refractivity (Wildman–Crippen MR) is 60.4 cm³/mol. The number of nitrogens with zero attached hydrogens (tertiary/aromatic N) is 2. The molecule has 1 aliphatic rings. The minimum atomic E-state index is -0.0748. The van der Waals surface area contributed by atoms with Gasteiger partial charge >= 0.3 is 0 Å². The van der Waals surface area contributed by atoms with E-state index in [2.05, 4.69) is 4.98 Å². The highest BCUT2D eigenvalue weighted by Gasteiger charge is 2.32.